The maximum atomic E-state index is 12.5. The number of aromatic carboxylic acids is 1. The van der Waals surface area contributed by atoms with E-state index in [1.54, 1.807) is 0 Å². The molecule has 0 saturated carbocycles. The van der Waals surface area contributed by atoms with Gasteiger partial charge in [0, 0.05) is 23.8 Å². The Labute approximate surface area is 137 Å². The Bertz CT molecular complexity index is 640. The lowest BCUT2D eigenvalue weighted by Gasteiger charge is -2.20. The van der Waals surface area contributed by atoms with Gasteiger partial charge in [0.1, 0.15) is 0 Å². The monoisotopic (exact) mass is 425 g/mol. The zero-order valence-electron chi connectivity index (χ0n) is 11.5. The molecule has 1 fully saturated rings. The van der Waals surface area contributed by atoms with Crippen LogP contribution in [0.25, 0.3) is 0 Å². The summed E-state index contributed by atoms with van der Waals surface area (Å²) in [5.74, 6) is -1.14. The average Bonchev–Trinajstić information content (AvgIpc) is 2.91. The lowest BCUT2D eigenvalue weighted by molar-refractivity contribution is 0.0695. The summed E-state index contributed by atoms with van der Waals surface area (Å²) in [6.07, 6.45) is 1.69. The van der Waals surface area contributed by atoms with Gasteiger partial charge in [0.05, 0.1) is 16.6 Å². The molecule has 1 aromatic rings. The molecular formula is C13H16INO5S. The van der Waals surface area contributed by atoms with Crippen molar-refractivity contribution in [3.8, 4) is 0 Å². The number of halogens is 1. The number of hydrogen-bond acceptors (Lipinski definition) is 4. The molecule has 1 unspecified atom stereocenters. The summed E-state index contributed by atoms with van der Waals surface area (Å²) < 4.78 is 32.1. The van der Waals surface area contributed by atoms with Gasteiger partial charge >= 0.3 is 5.97 Å². The molecule has 1 saturated heterocycles. The number of carbonyl (C=O) groups is 1. The molecule has 0 bridgehead atoms. The van der Waals surface area contributed by atoms with E-state index in [4.69, 9.17) is 9.84 Å². The molecule has 116 valence electrons. The molecule has 1 heterocycles. The maximum absolute atomic E-state index is 12.5. The molecule has 1 aliphatic rings. The van der Waals surface area contributed by atoms with Crippen molar-refractivity contribution in [2.24, 2.45) is 0 Å². The van der Waals surface area contributed by atoms with Gasteiger partial charge < -0.3 is 9.84 Å². The second-order valence-corrected chi connectivity index (χ2v) is 8.07. The predicted molar refractivity (Wildman–Crippen MR) is 84.9 cm³/mol. The van der Waals surface area contributed by atoms with Gasteiger partial charge in [-0.05, 0) is 53.6 Å². The normalized spacial score (nSPS) is 19.1. The third-order valence-corrected chi connectivity index (χ3v) is 6.12. The van der Waals surface area contributed by atoms with Crippen LogP contribution in [0.15, 0.2) is 23.1 Å². The van der Waals surface area contributed by atoms with Crippen molar-refractivity contribution in [2.45, 2.75) is 23.8 Å². The van der Waals surface area contributed by atoms with E-state index in [2.05, 4.69) is 0 Å². The fourth-order valence-corrected chi connectivity index (χ4v) is 3.98. The smallest absolute Gasteiger partial charge is 0.336 e. The second kappa shape index (κ2) is 6.59. The molecule has 8 heteroatoms. The van der Waals surface area contributed by atoms with E-state index >= 15 is 0 Å². The van der Waals surface area contributed by atoms with Gasteiger partial charge in [0.25, 0.3) is 0 Å². The zero-order chi connectivity index (χ0) is 15.6. The van der Waals surface area contributed by atoms with Crippen molar-refractivity contribution >= 4 is 38.6 Å². The van der Waals surface area contributed by atoms with E-state index in [1.807, 2.05) is 22.6 Å². The number of ether oxygens (including phenoxy) is 1. The van der Waals surface area contributed by atoms with Crippen LogP contribution < -0.4 is 0 Å². The highest BCUT2D eigenvalue weighted by Crippen LogP contribution is 2.22. The van der Waals surface area contributed by atoms with E-state index in [9.17, 15) is 13.2 Å². The van der Waals surface area contributed by atoms with E-state index in [0.29, 0.717) is 10.2 Å². The summed E-state index contributed by atoms with van der Waals surface area (Å²) in [5.41, 5.74) is -0.0119. The fourth-order valence-electron chi connectivity index (χ4n) is 2.18. The molecular weight excluding hydrogens is 409 g/mol. The lowest BCUT2D eigenvalue weighted by Crippen LogP contribution is -2.34. The molecule has 21 heavy (non-hydrogen) atoms. The summed E-state index contributed by atoms with van der Waals surface area (Å²) in [6, 6.07) is 4.12. The van der Waals surface area contributed by atoms with E-state index in [0.717, 1.165) is 12.8 Å². The van der Waals surface area contributed by atoms with Crippen LogP contribution >= 0.6 is 22.6 Å². The minimum absolute atomic E-state index is 0.0119. The van der Waals surface area contributed by atoms with E-state index in [-0.39, 0.29) is 23.1 Å². The second-order valence-electron chi connectivity index (χ2n) is 4.87. The third-order valence-electron chi connectivity index (χ3n) is 3.36. The fraction of sp³-hybridized carbons (Fsp3) is 0.462. The lowest BCUT2D eigenvalue weighted by atomic mass is 10.2. The number of nitrogens with zero attached hydrogens (tertiary/aromatic N) is 1. The van der Waals surface area contributed by atoms with Crippen LogP contribution in [-0.2, 0) is 14.8 Å². The van der Waals surface area contributed by atoms with Gasteiger partial charge in [0.15, 0.2) is 0 Å². The number of likely N-dealkylation sites (N-methyl/N-ethyl adjacent to an activating group) is 1. The molecule has 2 rings (SSSR count). The van der Waals surface area contributed by atoms with Crippen LogP contribution in [0.2, 0.25) is 0 Å². The van der Waals surface area contributed by atoms with Gasteiger partial charge in [0.2, 0.25) is 10.0 Å². The Kier molecular flexibility index (Phi) is 5.23. The molecule has 1 atom stereocenters. The summed E-state index contributed by atoms with van der Waals surface area (Å²) in [7, 11) is -2.23. The van der Waals surface area contributed by atoms with Crippen molar-refractivity contribution in [3.63, 3.8) is 0 Å². The molecule has 6 nitrogen and oxygen atoms in total. The maximum Gasteiger partial charge on any atom is 0.336 e. The summed E-state index contributed by atoms with van der Waals surface area (Å²) in [5, 5.41) is 9.09. The quantitative estimate of drug-likeness (QED) is 0.728. The largest absolute Gasteiger partial charge is 0.478 e. The van der Waals surface area contributed by atoms with Gasteiger partial charge in [-0.3, -0.25) is 0 Å². The van der Waals surface area contributed by atoms with Crippen LogP contribution in [0.1, 0.15) is 23.2 Å². The molecule has 0 radical (unpaired) electrons. The number of benzene rings is 1. The highest BCUT2D eigenvalue weighted by atomic mass is 127. The first-order chi connectivity index (χ1) is 9.82. The minimum Gasteiger partial charge on any atom is -0.478 e. The highest BCUT2D eigenvalue weighted by Gasteiger charge is 2.27. The Balaban J connectivity index is 2.26. The number of rotatable bonds is 5. The first-order valence-corrected chi connectivity index (χ1v) is 8.95. The Morgan fingerprint density at radius 3 is 2.81 bits per heavy atom. The molecule has 0 amide bonds. The Morgan fingerprint density at radius 1 is 1.52 bits per heavy atom. The number of carboxylic acid groups (broad SMARTS) is 1. The zero-order valence-corrected chi connectivity index (χ0v) is 14.4. The highest BCUT2D eigenvalue weighted by molar-refractivity contribution is 14.1. The van der Waals surface area contributed by atoms with Crippen molar-refractivity contribution in [1.29, 1.82) is 0 Å². The van der Waals surface area contributed by atoms with Gasteiger partial charge in [-0.2, -0.15) is 4.31 Å². The topological polar surface area (TPSA) is 83.9 Å². The van der Waals surface area contributed by atoms with Gasteiger partial charge in [-0.25, -0.2) is 13.2 Å². The molecule has 0 aromatic heterocycles. The molecule has 1 aromatic carbocycles. The number of carboxylic acids is 1. The van der Waals surface area contributed by atoms with Gasteiger partial charge in [-0.1, -0.05) is 0 Å². The first kappa shape index (κ1) is 16.7. The summed E-state index contributed by atoms with van der Waals surface area (Å²) in [4.78, 5) is 11.1. The van der Waals surface area contributed by atoms with Crippen molar-refractivity contribution in [3.05, 3.63) is 27.3 Å². The number of sulfonamides is 1. The Morgan fingerprint density at radius 2 is 2.24 bits per heavy atom. The average molecular weight is 425 g/mol. The van der Waals surface area contributed by atoms with E-state index in [1.165, 1.54) is 29.6 Å². The SMILES string of the molecule is CN(CC1CCCO1)S(=O)(=O)c1ccc(I)c(C(=O)O)c1. The Hall–Kier alpha value is -0.710. The molecule has 1 aliphatic heterocycles. The van der Waals surface area contributed by atoms with Crippen molar-refractivity contribution in [1.82, 2.24) is 4.31 Å². The first-order valence-electron chi connectivity index (χ1n) is 6.43. The molecule has 0 aliphatic carbocycles. The number of hydrogen-bond donors (Lipinski definition) is 1. The van der Waals surface area contributed by atoms with Crippen molar-refractivity contribution < 1.29 is 23.1 Å². The van der Waals surface area contributed by atoms with E-state index < -0.39 is 16.0 Å². The van der Waals surface area contributed by atoms with Gasteiger partial charge in [-0.15, -0.1) is 0 Å². The predicted octanol–water partition coefficient (Wildman–Crippen LogP) is 1.79. The van der Waals surface area contributed by atoms with Crippen LogP contribution in [0.3, 0.4) is 0 Å². The summed E-state index contributed by atoms with van der Waals surface area (Å²) >= 11 is 1.87. The van der Waals surface area contributed by atoms with Crippen LogP contribution in [0, 0.1) is 3.57 Å². The third kappa shape index (κ3) is 3.74. The molecule has 0 spiro atoms. The van der Waals surface area contributed by atoms with Crippen LogP contribution in [-0.4, -0.2) is 50.1 Å². The minimum atomic E-state index is -3.71. The standard InChI is InChI=1S/C13H16INO5S/c1-15(8-9-3-2-6-20-9)21(18,19)10-4-5-12(14)11(7-10)13(16)17/h4-5,7,9H,2-3,6,8H2,1H3,(H,16,17). The molecule has 1 N–H and O–H groups in total. The van der Waals surface area contributed by atoms with Crippen molar-refractivity contribution in [2.75, 3.05) is 20.2 Å². The summed E-state index contributed by atoms with van der Waals surface area (Å²) in [6.45, 7) is 0.933. The van der Waals surface area contributed by atoms with Crippen LogP contribution in [0.4, 0.5) is 0 Å². The van der Waals surface area contributed by atoms with Crippen LogP contribution in [0.5, 0.6) is 0 Å².